The highest BCUT2D eigenvalue weighted by Crippen LogP contribution is 2.21. The first-order chi connectivity index (χ1) is 18.9. The highest BCUT2D eigenvalue weighted by molar-refractivity contribution is 5.89. The van der Waals surface area contributed by atoms with Gasteiger partial charge < -0.3 is 42.0 Å². The van der Waals surface area contributed by atoms with Crippen molar-refractivity contribution in [1.29, 1.82) is 0 Å². The molecule has 0 aromatic carbocycles. The van der Waals surface area contributed by atoms with E-state index in [1.54, 1.807) is 7.05 Å². The lowest BCUT2D eigenvalue weighted by molar-refractivity contribution is -0.130. The fourth-order valence-corrected chi connectivity index (χ4v) is 4.54. The lowest BCUT2D eigenvalue weighted by Gasteiger charge is -2.22. The third kappa shape index (κ3) is 15.5. The molecule has 2 unspecified atom stereocenters. The largest absolute Gasteiger partial charge is 0.355 e. The molecule has 0 radical (unpaired) electrons. The topological polar surface area (TPSA) is 160 Å². The predicted octanol–water partition coefficient (Wildman–Crippen LogP) is -0.836. The Morgan fingerprint density at radius 3 is 1.62 bits per heavy atom. The standard InChI is InChI=1S/C27H56N8O4/c1-28-16-9-6-12-20(30-3)24(36)33-18-11-8-14-22(25(37)34-19-15-23-27(32-5)39-23)35-26(38)21(31-4)13-7-10-17-29-2/h20-23,27-32H,6-19H2,1-5H3,(H,33,36)(H,34,37)(H,35,38)/t20-,21-,22-,23?,27?/m0/s1. The van der Waals surface area contributed by atoms with E-state index in [2.05, 4.69) is 42.5 Å². The predicted molar refractivity (Wildman–Crippen MR) is 155 cm³/mol. The summed E-state index contributed by atoms with van der Waals surface area (Å²) in [4.78, 5) is 38.5. The smallest absolute Gasteiger partial charge is 0.242 e. The van der Waals surface area contributed by atoms with E-state index in [1.165, 1.54) is 0 Å². The van der Waals surface area contributed by atoms with E-state index in [-0.39, 0.29) is 42.1 Å². The molecule has 1 saturated heterocycles. The summed E-state index contributed by atoms with van der Waals surface area (Å²) in [6.07, 6.45) is 8.21. The first kappa shape index (κ1) is 35.2. The first-order valence-corrected chi connectivity index (χ1v) is 14.7. The Kier molecular flexibility index (Phi) is 19.8. The summed E-state index contributed by atoms with van der Waals surface area (Å²) >= 11 is 0. The SMILES string of the molecule is CNCCCC[C@H](NC)C(=O)NCCCC[C@H](NC(=O)[C@H](CCCCNC)NC)C(=O)NCCC1OC1NC. The van der Waals surface area contributed by atoms with Gasteiger partial charge in [-0.05, 0) is 99.7 Å². The minimum absolute atomic E-state index is 0.00172. The first-order valence-electron chi connectivity index (χ1n) is 14.7. The van der Waals surface area contributed by atoms with E-state index in [0.29, 0.717) is 32.4 Å². The number of carbonyl (C=O) groups is 3. The van der Waals surface area contributed by atoms with Crippen LogP contribution in [0.2, 0.25) is 0 Å². The lowest BCUT2D eigenvalue weighted by atomic mass is 10.1. The molecule has 1 aliphatic heterocycles. The average molecular weight is 557 g/mol. The van der Waals surface area contributed by atoms with E-state index in [4.69, 9.17) is 4.74 Å². The summed E-state index contributed by atoms with van der Waals surface area (Å²) in [5.41, 5.74) is 0. The number of unbranched alkanes of at least 4 members (excludes halogenated alkanes) is 3. The van der Waals surface area contributed by atoms with E-state index in [1.807, 2.05) is 28.2 Å². The molecule has 12 nitrogen and oxygen atoms in total. The van der Waals surface area contributed by atoms with Gasteiger partial charge in [0.2, 0.25) is 17.7 Å². The van der Waals surface area contributed by atoms with Gasteiger partial charge in [-0.1, -0.05) is 12.8 Å². The molecule has 3 amide bonds. The molecule has 0 spiro atoms. The molecule has 8 N–H and O–H groups in total. The summed E-state index contributed by atoms with van der Waals surface area (Å²) in [6, 6.07) is -1.18. The van der Waals surface area contributed by atoms with Crippen LogP contribution in [0.3, 0.4) is 0 Å². The Hall–Kier alpha value is -1.83. The normalized spacial score (nSPS) is 18.7. The van der Waals surface area contributed by atoms with Gasteiger partial charge in [-0.25, -0.2) is 0 Å². The second-order valence-electron chi connectivity index (χ2n) is 10.2. The summed E-state index contributed by atoms with van der Waals surface area (Å²) < 4.78 is 5.46. The zero-order valence-electron chi connectivity index (χ0n) is 24.9. The van der Waals surface area contributed by atoms with Crippen LogP contribution in [-0.4, -0.2) is 110 Å². The maximum atomic E-state index is 13.0. The Morgan fingerprint density at radius 2 is 1.10 bits per heavy atom. The summed E-state index contributed by atoms with van der Waals surface area (Å²) in [5, 5.41) is 24.4. The molecule has 12 heteroatoms. The summed E-state index contributed by atoms with van der Waals surface area (Å²) in [5.74, 6) is -0.343. The van der Waals surface area contributed by atoms with E-state index < -0.39 is 6.04 Å². The van der Waals surface area contributed by atoms with Gasteiger partial charge in [-0.15, -0.1) is 0 Å². The molecule has 1 fully saturated rings. The van der Waals surface area contributed by atoms with Crippen molar-refractivity contribution < 1.29 is 19.1 Å². The van der Waals surface area contributed by atoms with Crippen LogP contribution in [0.5, 0.6) is 0 Å². The highest BCUT2D eigenvalue weighted by atomic mass is 16.6. The Labute approximate surface area is 235 Å². The van der Waals surface area contributed by atoms with Crippen molar-refractivity contribution >= 4 is 17.7 Å². The number of carbonyl (C=O) groups excluding carboxylic acids is 3. The number of nitrogens with one attached hydrogen (secondary N) is 8. The van der Waals surface area contributed by atoms with E-state index in [0.717, 1.165) is 58.0 Å². The van der Waals surface area contributed by atoms with Crippen LogP contribution in [-0.2, 0) is 19.1 Å². The number of rotatable bonds is 25. The van der Waals surface area contributed by atoms with Crippen molar-refractivity contribution in [3.8, 4) is 0 Å². The van der Waals surface area contributed by atoms with Crippen molar-refractivity contribution in [1.82, 2.24) is 42.5 Å². The summed E-state index contributed by atoms with van der Waals surface area (Å²) in [7, 11) is 9.26. The van der Waals surface area contributed by atoms with Crippen LogP contribution < -0.4 is 42.5 Å². The van der Waals surface area contributed by atoms with Gasteiger partial charge in [0.25, 0.3) is 0 Å². The van der Waals surface area contributed by atoms with Crippen molar-refractivity contribution in [3.63, 3.8) is 0 Å². The quantitative estimate of drug-likeness (QED) is 0.0530. The molecule has 0 bridgehead atoms. The molecule has 1 rings (SSSR count). The van der Waals surface area contributed by atoms with Crippen LogP contribution >= 0.6 is 0 Å². The van der Waals surface area contributed by atoms with Crippen molar-refractivity contribution in [2.24, 2.45) is 0 Å². The molecular weight excluding hydrogens is 500 g/mol. The lowest BCUT2D eigenvalue weighted by Crippen LogP contribution is -2.52. The second kappa shape index (κ2) is 21.9. The van der Waals surface area contributed by atoms with E-state index >= 15 is 0 Å². The highest BCUT2D eigenvalue weighted by Gasteiger charge is 2.36. The van der Waals surface area contributed by atoms with Crippen molar-refractivity contribution in [2.45, 2.75) is 94.7 Å². The Balaban J connectivity index is 2.52. The molecule has 1 heterocycles. The van der Waals surface area contributed by atoms with Crippen LogP contribution in [0.4, 0.5) is 0 Å². The molecular formula is C27H56N8O4. The molecule has 0 aromatic heterocycles. The zero-order chi connectivity index (χ0) is 28.9. The fraction of sp³-hybridized carbons (Fsp3) is 0.889. The third-order valence-corrected chi connectivity index (χ3v) is 7.12. The van der Waals surface area contributed by atoms with Crippen LogP contribution in [0.15, 0.2) is 0 Å². The fourth-order valence-electron chi connectivity index (χ4n) is 4.54. The Morgan fingerprint density at radius 1 is 0.615 bits per heavy atom. The summed E-state index contributed by atoms with van der Waals surface area (Å²) in [6.45, 7) is 2.87. The molecule has 0 saturated carbocycles. The zero-order valence-corrected chi connectivity index (χ0v) is 24.9. The third-order valence-electron chi connectivity index (χ3n) is 7.12. The van der Waals surface area contributed by atoms with Crippen LogP contribution in [0.25, 0.3) is 0 Å². The molecule has 5 atom stereocenters. The number of hydrogen-bond donors (Lipinski definition) is 8. The van der Waals surface area contributed by atoms with Gasteiger partial charge in [-0.3, -0.25) is 19.7 Å². The number of hydrogen-bond acceptors (Lipinski definition) is 9. The number of ether oxygens (including phenoxy) is 1. The number of epoxide rings is 1. The molecule has 1 aliphatic rings. The second-order valence-corrected chi connectivity index (χ2v) is 10.2. The number of amides is 3. The molecule has 228 valence electrons. The van der Waals surface area contributed by atoms with Crippen molar-refractivity contribution in [2.75, 3.05) is 61.4 Å². The number of likely N-dealkylation sites (N-methyl/N-ethyl adjacent to an activating group) is 3. The molecule has 39 heavy (non-hydrogen) atoms. The van der Waals surface area contributed by atoms with Crippen LogP contribution in [0.1, 0.15) is 64.2 Å². The van der Waals surface area contributed by atoms with Crippen molar-refractivity contribution in [3.05, 3.63) is 0 Å². The molecule has 0 aromatic rings. The average Bonchev–Trinajstić information content (AvgIpc) is 3.70. The van der Waals surface area contributed by atoms with Gasteiger partial charge in [0, 0.05) is 13.1 Å². The van der Waals surface area contributed by atoms with Gasteiger partial charge >= 0.3 is 0 Å². The maximum Gasteiger partial charge on any atom is 0.242 e. The maximum absolute atomic E-state index is 13.0. The minimum atomic E-state index is -0.626. The van der Waals surface area contributed by atoms with E-state index in [9.17, 15) is 14.4 Å². The van der Waals surface area contributed by atoms with Gasteiger partial charge in [0.1, 0.15) is 18.4 Å². The molecule has 0 aliphatic carbocycles. The van der Waals surface area contributed by atoms with Gasteiger partial charge in [-0.2, -0.15) is 0 Å². The monoisotopic (exact) mass is 556 g/mol. The Bertz CT molecular complexity index is 684. The van der Waals surface area contributed by atoms with Crippen LogP contribution in [0, 0.1) is 0 Å². The van der Waals surface area contributed by atoms with Gasteiger partial charge in [0.15, 0.2) is 0 Å². The van der Waals surface area contributed by atoms with Gasteiger partial charge in [0.05, 0.1) is 12.1 Å². The minimum Gasteiger partial charge on any atom is -0.355 e.